The van der Waals surface area contributed by atoms with Gasteiger partial charge < -0.3 is 9.32 Å². The van der Waals surface area contributed by atoms with Crippen molar-refractivity contribution in [1.82, 2.24) is 10.2 Å². The Labute approximate surface area is 155 Å². The summed E-state index contributed by atoms with van der Waals surface area (Å²) in [5.74, 6) is 0.601. The van der Waals surface area contributed by atoms with E-state index in [1.165, 1.54) is 6.07 Å². The lowest BCUT2D eigenvalue weighted by molar-refractivity contribution is 0.0979. The van der Waals surface area contributed by atoms with Gasteiger partial charge in [-0.15, -0.1) is 10.2 Å². The van der Waals surface area contributed by atoms with Crippen molar-refractivity contribution in [2.24, 2.45) is 0 Å². The molecule has 2 heterocycles. The number of fused-ring (bicyclic) bond motifs is 2. The minimum absolute atomic E-state index is 0.112. The monoisotopic (exact) mass is 363 g/mol. The maximum Gasteiger partial charge on any atom is 0.258 e. The Hall–Kier alpha value is -3.02. The van der Waals surface area contributed by atoms with Crippen LogP contribution in [-0.4, -0.2) is 22.6 Å². The SMILES string of the molecule is Cc1nnc(-c2ccc(C(=O)N3CC4(CCC4)c4c(F)cccc43)cc2)o1. The van der Waals surface area contributed by atoms with Crippen LogP contribution < -0.4 is 4.90 Å². The van der Waals surface area contributed by atoms with Gasteiger partial charge in [0.05, 0.1) is 5.69 Å². The van der Waals surface area contributed by atoms with Crippen LogP contribution in [0, 0.1) is 12.7 Å². The van der Waals surface area contributed by atoms with Crippen molar-refractivity contribution >= 4 is 11.6 Å². The number of hydrogen-bond donors (Lipinski definition) is 0. The predicted molar refractivity (Wildman–Crippen MR) is 98.1 cm³/mol. The number of halogens is 1. The molecular weight excluding hydrogens is 345 g/mol. The topological polar surface area (TPSA) is 59.2 Å². The number of aromatic nitrogens is 2. The summed E-state index contributed by atoms with van der Waals surface area (Å²) in [5.41, 5.74) is 2.52. The van der Waals surface area contributed by atoms with E-state index in [9.17, 15) is 9.18 Å². The van der Waals surface area contributed by atoms with E-state index in [1.807, 2.05) is 6.07 Å². The second-order valence-electron chi connectivity index (χ2n) is 7.36. The second kappa shape index (κ2) is 5.74. The summed E-state index contributed by atoms with van der Waals surface area (Å²) in [6.45, 7) is 2.28. The second-order valence-corrected chi connectivity index (χ2v) is 7.36. The van der Waals surface area contributed by atoms with E-state index < -0.39 is 0 Å². The van der Waals surface area contributed by atoms with Crippen LogP contribution >= 0.6 is 0 Å². The molecule has 0 radical (unpaired) electrons. The molecule has 1 aliphatic carbocycles. The average Bonchev–Trinajstić information content (AvgIpc) is 3.23. The summed E-state index contributed by atoms with van der Waals surface area (Å²) in [5, 5.41) is 7.81. The number of aryl methyl sites for hydroxylation is 1. The van der Waals surface area contributed by atoms with Crippen molar-refractivity contribution < 1.29 is 13.6 Å². The minimum atomic E-state index is -0.211. The molecule has 0 atom stereocenters. The molecule has 0 bridgehead atoms. The Bertz CT molecular complexity index is 1040. The van der Waals surface area contributed by atoms with Crippen molar-refractivity contribution in [1.29, 1.82) is 0 Å². The molecular formula is C21H18FN3O2. The zero-order chi connectivity index (χ0) is 18.6. The highest BCUT2D eigenvalue weighted by Crippen LogP contribution is 2.53. The van der Waals surface area contributed by atoms with Gasteiger partial charge in [0.2, 0.25) is 11.8 Å². The van der Waals surface area contributed by atoms with Gasteiger partial charge in [0.25, 0.3) is 5.91 Å². The molecule has 1 saturated carbocycles. The normalized spacial score (nSPS) is 17.0. The summed E-state index contributed by atoms with van der Waals surface area (Å²) in [6, 6.07) is 12.1. The molecule has 5 nitrogen and oxygen atoms in total. The number of hydrogen-bond acceptors (Lipinski definition) is 4. The van der Waals surface area contributed by atoms with Crippen LogP contribution in [-0.2, 0) is 5.41 Å². The lowest BCUT2D eigenvalue weighted by Crippen LogP contribution is -2.41. The third kappa shape index (κ3) is 2.40. The maximum atomic E-state index is 14.5. The fourth-order valence-electron chi connectivity index (χ4n) is 4.25. The third-order valence-corrected chi connectivity index (χ3v) is 5.73. The number of carbonyl (C=O) groups is 1. The average molecular weight is 363 g/mol. The Morgan fingerprint density at radius 3 is 2.56 bits per heavy atom. The van der Waals surface area contributed by atoms with Gasteiger partial charge in [-0.3, -0.25) is 4.79 Å². The molecule has 1 amide bonds. The molecule has 5 rings (SSSR count). The fraction of sp³-hybridized carbons (Fsp3) is 0.286. The summed E-state index contributed by atoms with van der Waals surface area (Å²) < 4.78 is 19.9. The van der Waals surface area contributed by atoms with Gasteiger partial charge in [-0.2, -0.15) is 0 Å². The molecule has 6 heteroatoms. The van der Waals surface area contributed by atoms with E-state index in [0.717, 1.165) is 24.8 Å². The van der Waals surface area contributed by atoms with Crippen molar-refractivity contribution in [2.75, 3.05) is 11.4 Å². The Morgan fingerprint density at radius 1 is 1.15 bits per heavy atom. The quantitative estimate of drug-likeness (QED) is 0.682. The maximum absolute atomic E-state index is 14.5. The summed E-state index contributed by atoms with van der Waals surface area (Å²) >= 11 is 0. The number of carbonyl (C=O) groups excluding carboxylic acids is 1. The Kier molecular flexibility index (Phi) is 3.44. The van der Waals surface area contributed by atoms with Crippen LogP contribution in [0.1, 0.15) is 41.1 Å². The van der Waals surface area contributed by atoms with Crippen molar-refractivity contribution in [2.45, 2.75) is 31.6 Å². The highest BCUT2D eigenvalue weighted by Gasteiger charge is 2.50. The van der Waals surface area contributed by atoms with Gasteiger partial charge in [0.15, 0.2) is 0 Å². The first kappa shape index (κ1) is 16.2. The number of nitrogens with zero attached hydrogens (tertiary/aromatic N) is 3. The van der Waals surface area contributed by atoms with Crippen molar-refractivity contribution in [3.63, 3.8) is 0 Å². The summed E-state index contributed by atoms with van der Waals surface area (Å²) in [4.78, 5) is 14.9. The number of amides is 1. The fourth-order valence-corrected chi connectivity index (χ4v) is 4.25. The lowest BCUT2D eigenvalue weighted by Gasteiger charge is -2.39. The van der Waals surface area contributed by atoms with Crippen molar-refractivity contribution in [3.8, 4) is 11.5 Å². The van der Waals surface area contributed by atoms with Gasteiger partial charge in [-0.05, 0) is 49.2 Å². The summed E-state index contributed by atoms with van der Waals surface area (Å²) in [6.07, 6.45) is 2.94. The van der Waals surface area contributed by atoms with Crippen LogP contribution in [0.5, 0.6) is 0 Å². The van der Waals surface area contributed by atoms with E-state index in [-0.39, 0.29) is 17.1 Å². The number of anilines is 1. The molecule has 0 unspecified atom stereocenters. The van der Waals surface area contributed by atoms with Gasteiger partial charge in [0, 0.05) is 35.6 Å². The van der Waals surface area contributed by atoms with E-state index in [1.54, 1.807) is 42.2 Å². The Balaban J connectivity index is 1.47. The summed E-state index contributed by atoms with van der Waals surface area (Å²) in [7, 11) is 0. The van der Waals surface area contributed by atoms with Crippen LogP contribution in [0.15, 0.2) is 46.9 Å². The molecule has 3 aromatic rings. The first-order valence-corrected chi connectivity index (χ1v) is 9.09. The molecule has 1 aliphatic heterocycles. The van der Waals surface area contributed by atoms with E-state index in [0.29, 0.717) is 35.1 Å². The largest absolute Gasteiger partial charge is 0.421 e. The zero-order valence-corrected chi connectivity index (χ0v) is 14.9. The molecule has 136 valence electrons. The van der Waals surface area contributed by atoms with Gasteiger partial charge in [0.1, 0.15) is 5.82 Å². The van der Waals surface area contributed by atoms with Crippen LogP contribution in [0.3, 0.4) is 0 Å². The van der Waals surface area contributed by atoms with E-state index >= 15 is 0 Å². The van der Waals surface area contributed by atoms with E-state index in [2.05, 4.69) is 10.2 Å². The first-order valence-electron chi connectivity index (χ1n) is 9.09. The van der Waals surface area contributed by atoms with Crippen LogP contribution in [0.25, 0.3) is 11.5 Å². The van der Waals surface area contributed by atoms with E-state index in [4.69, 9.17) is 4.42 Å². The molecule has 1 fully saturated rings. The highest BCUT2D eigenvalue weighted by atomic mass is 19.1. The zero-order valence-electron chi connectivity index (χ0n) is 14.9. The highest BCUT2D eigenvalue weighted by molar-refractivity contribution is 6.08. The molecule has 27 heavy (non-hydrogen) atoms. The van der Waals surface area contributed by atoms with Crippen molar-refractivity contribution in [3.05, 3.63) is 65.3 Å². The predicted octanol–water partition coefficient (Wildman–Crippen LogP) is 4.27. The van der Waals surface area contributed by atoms with Gasteiger partial charge >= 0.3 is 0 Å². The molecule has 1 aromatic heterocycles. The number of benzene rings is 2. The molecule has 2 aliphatic rings. The van der Waals surface area contributed by atoms with Crippen LogP contribution in [0.4, 0.5) is 10.1 Å². The molecule has 0 saturated heterocycles. The van der Waals surface area contributed by atoms with Gasteiger partial charge in [-0.25, -0.2) is 4.39 Å². The first-order chi connectivity index (χ1) is 13.1. The Morgan fingerprint density at radius 2 is 1.93 bits per heavy atom. The number of rotatable bonds is 2. The molecule has 1 spiro atoms. The molecule has 2 aromatic carbocycles. The smallest absolute Gasteiger partial charge is 0.258 e. The van der Waals surface area contributed by atoms with Crippen LogP contribution in [0.2, 0.25) is 0 Å². The lowest BCUT2D eigenvalue weighted by atomic mass is 9.65. The standard InChI is InChI=1S/C21H18FN3O2/c1-13-23-24-19(27-13)14-6-8-15(9-7-14)20(26)25-12-21(10-3-11-21)18-16(22)4-2-5-17(18)25/h2,4-9H,3,10-12H2,1H3. The third-order valence-electron chi connectivity index (χ3n) is 5.73. The molecule has 0 N–H and O–H groups in total. The minimum Gasteiger partial charge on any atom is -0.421 e. The van der Waals surface area contributed by atoms with Gasteiger partial charge in [-0.1, -0.05) is 12.5 Å².